The second kappa shape index (κ2) is 4.40. The third-order valence-corrected chi connectivity index (χ3v) is 5.21. The summed E-state index contributed by atoms with van der Waals surface area (Å²) in [5.41, 5.74) is 6.50. The number of hydrogen-bond donors (Lipinski definition) is 2. The molecule has 1 saturated heterocycles. The van der Waals surface area contributed by atoms with Crippen molar-refractivity contribution in [3.05, 3.63) is 11.4 Å². The van der Waals surface area contributed by atoms with E-state index in [0.29, 0.717) is 30.4 Å². The lowest BCUT2D eigenvalue weighted by Gasteiger charge is -2.16. The molecule has 7 heteroatoms. The third kappa shape index (κ3) is 2.10. The Balaban J connectivity index is 2.41. The molecule has 1 aromatic heterocycles. The van der Waals surface area contributed by atoms with Crippen LogP contribution in [0.15, 0.2) is 4.90 Å². The van der Waals surface area contributed by atoms with Crippen LogP contribution in [0, 0.1) is 12.8 Å². The molecule has 0 saturated carbocycles. The van der Waals surface area contributed by atoms with Crippen molar-refractivity contribution in [1.29, 1.82) is 0 Å². The Morgan fingerprint density at radius 3 is 2.82 bits per heavy atom. The number of nitrogens with two attached hydrogens (primary N) is 1. The number of aryl methyl sites for hydroxylation is 1. The van der Waals surface area contributed by atoms with Crippen molar-refractivity contribution in [3.63, 3.8) is 0 Å². The number of sulfonamides is 1. The molecule has 0 bridgehead atoms. The second-order valence-corrected chi connectivity index (χ2v) is 6.46. The van der Waals surface area contributed by atoms with Crippen LogP contribution in [0.25, 0.3) is 0 Å². The number of aromatic amines is 1. The SMILES string of the molecule is Cc1[nH]nc(CN)c1S(=O)(=O)N1CCC(C)C1. The molecule has 1 aliphatic rings. The van der Waals surface area contributed by atoms with E-state index in [1.54, 1.807) is 6.92 Å². The molecule has 1 aromatic rings. The molecule has 3 N–H and O–H groups in total. The van der Waals surface area contributed by atoms with Crippen molar-refractivity contribution in [2.24, 2.45) is 11.7 Å². The average Bonchev–Trinajstić information content (AvgIpc) is 2.84. The van der Waals surface area contributed by atoms with E-state index in [2.05, 4.69) is 17.1 Å². The average molecular weight is 258 g/mol. The largest absolute Gasteiger partial charge is 0.325 e. The van der Waals surface area contributed by atoms with Crippen molar-refractivity contribution < 1.29 is 8.42 Å². The lowest BCUT2D eigenvalue weighted by Crippen LogP contribution is -2.29. The monoisotopic (exact) mass is 258 g/mol. The molecule has 1 atom stereocenters. The quantitative estimate of drug-likeness (QED) is 0.810. The highest BCUT2D eigenvalue weighted by molar-refractivity contribution is 7.89. The van der Waals surface area contributed by atoms with Crippen molar-refractivity contribution in [2.75, 3.05) is 13.1 Å². The molecule has 6 nitrogen and oxygen atoms in total. The van der Waals surface area contributed by atoms with Gasteiger partial charge in [0.1, 0.15) is 4.90 Å². The Bertz CT molecular complexity index is 508. The lowest BCUT2D eigenvalue weighted by atomic mass is 10.2. The van der Waals surface area contributed by atoms with Gasteiger partial charge in [-0.15, -0.1) is 0 Å². The molecular weight excluding hydrogens is 240 g/mol. The van der Waals surface area contributed by atoms with Crippen LogP contribution in [0.2, 0.25) is 0 Å². The van der Waals surface area contributed by atoms with Gasteiger partial charge in [-0.25, -0.2) is 8.42 Å². The van der Waals surface area contributed by atoms with E-state index in [0.717, 1.165) is 6.42 Å². The molecule has 96 valence electrons. The zero-order chi connectivity index (χ0) is 12.6. The highest BCUT2D eigenvalue weighted by atomic mass is 32.2. The zero-order valence-corrected chi connectivity index (χ0v) is 10.9. The normalized spacial score (nSPS) is 22.2. The second-order valence-electron chi connectivity index (χ2n) is 4.59. The van der Waals surface area contributed by atoms with Crippen LogP contribution >= 0.6 is 0 Å². The number of H-pyrrole nitrogens is 1. The summed E-state index contributed by atoms with van der Waals surface area (Å²) in [6.07, 6.45) is 0.911. The summed E-state index contributed by atoms with van der Waals surface area (Å²) in [6.45, 7) is 5.05. The molecular formula is C10H18N4O2S. The van der Waals surface area contributed by atoms with Gasteiger partial charge in [-0.05, 0) is 19.3 Å². The lowest BCUT2D eigenvalue weighted by molar-refractivity contribution is 0.463. The van der Waals surface area contributed by atoms with Gasteiger partial charge in [-0.3, -0.25) is 5.10 Å². The van der Waals surface area contributed by atoms with Gasteiger partial charge in [0.2, 0.25) is 10.0 Å². The summed E-state index contributed by atoms with van der Waals surface area (Å²) < 4.78 is 26.4. The molecule has 2 rings (SSSR count). The summed E-state index contributed by atoms with van der Waals surface area (Å²) in [4.78, 5) is 0.258. The first-order valence-electron chi connectivity index (χ1n) is 5.71. The van der Waals surface area contributed by atoms with Gasteiger partial charge in [-0.1, -0.05) is 6.92 Å². The van der Waals surface area contributed by atoms with E-state index in [1.165, 1.54) is 4.31 Å². The van der Waals surface area contributed by atoms with E-state index < -0.39 is 10.0 Å². The highest BCUT2D eigenvalue weighted by Gasteiger charge is 2.34. The zero-order valence-electron chi connectivity index (χ0n) is 10.1. The van der Waals surface area contributed by atoms with Gasteiger partial charge in [-0.2, -0.15) is 9.40 Å². The van der Waals surface area contributed by atoms with Crippen molar-refractivity contribution >= 4 is 10.0 Å². The molecule has 1 fully saturated rings. The molecule has 2 heterocycles. The van der Waals surface area contributed by atoms with E-state index in [1.807, 2.05) is 0 Å². The fourth-order valence-electron chi connectivity index (χ4n) is 2.19. The van der Waals surface area contributed by atoms with Crippen LogP contribution in [0.5, 0.6) is 0 Å². The van der Waals surface area contributed by atoms with Crippen molar-refractivity contribution in [2.45, 2.75) is 31.7 Å². The van der Waals surface area contributed by atoms with Crippen LogP contribution in [0.1, 0.15) is 24.7 Å². The topological polar surface area (TPSA) is 92.1 Å². The number of aromatic nitrogens is 2. The first-order valence-corrected chi connectivity index (χ1v) is 7.15. The van der Waals surface area contributed by atoms with Crippen molar-refractivity contribution in [3.8, 4) is 0 Å². The molecule has 0 radical (unpaired) electrons. The maximum Gasteiger partial charge on any atom is 0.246 e. The van der Waals surface area contributed by atoms with Crippen LogP contribution in [-0.2, 0) is 16.6 Å². The first kappa shape index (κ1) is 12.5. The first-order chi connectivity index (χ1) is 7.96. The predicted molar refractivity (Wildman–Crippen MR) is 63.8 cm³/mol. The van der Waals surface area contributed by atoms with Crippen LogP contribution in [-0.4, -0.2) is 36.0 Å². The number of hydrogen-bond acceptors (Lipinski definition) is 4. The Kier molecular flexibility index (Phi) is 3.24. The standard InChI is InChI=1S/C10H18N4O2S/c1-7-3-4-14(6-7)17(15,16)10-8(2)12-13-9(10)5-11/h7H,3-6,11H2,1-2H3,(H,12,13). The highest BCUT2D eigenvalue weighted by Crippen LogP contribution is 2.27. The summed E-state index contributed by atoms with van der Waals surface area (Å²) in [5.74, 6) is 0.415. The summed E-state index contributed by atoms with van der Waals surface area (Å²) in [5, 5.41) is 6.63. The maximum atomic E-state index is 12.5. The van der Waals surface area contributed by atoms with Gasteiger partial charge in [0, 0.05) is 19.6 Å². The van der Waals surface area contributed by atoms with Crippen LogP contribution in [0.3, 0.4) is 0 Å². The molecule has 0 aromatic carbocycles. The molecule has 0 spiro atoms. The van der Waals surface area contributed by atoms with Crippen molar-refractivity contribution in [1.82, 2.24) is 14.5 Å². The Morgan fingerprint density at radius 1 is 1.59 bits per heavy atom. The Morgan fingerprint density at radius 2 is 2.29 bits per heavy atom. The third-order valence-electron chi connectivity index (χ3n) is 3.14. The summed E-state index contributed by atoms with van der Waals surface area (Å²) >= 11 is 0. The Hall–Kier alpha value is -0.920. The molecule has 17 heavy (non-hydrogen) atoms. The van der Waals surface area contributed by atoms with E-state index in [-0.39, 0.29) is 11.4 Å². The minimum absolute atomic E-state index is 0.127. The van der Waals surface area contributed by atoms with E-state index >= 15 is 0 Å². The predicted octanol–water partition coefficient (Wildman–Crippen LogP) is 0.207. The van der Waals surface area contributed by atoms with Gasteiger partial charge in [0.25, 0.3) is 0 Å². The maximum absolute atomic E-state index is 12.5. The number of nitrogens with zero attached hydrogens (tertiary/aromatic N) is 2. The minimum atomic E-state index is -3.44. The molecule has 1 unspecified atom stereocenters. The number of nitrogens with one attached hydrogen (secondary N) is 1. The fourth-order valence-corrected chi connectivity index (χ4v) is 4.11. The van der Waals surface area contributed by atoms with E-state index in [4.69, 9.17) is 5.73 Å². The van der Waals surface area contributed by atoms with Gasteiger partial charge >= 0.3 is 0 Å². The summed E-state index contributed by atoms with van der Waals surface area (Å²) in [6, 6.07) is 0. The molecule has 0 amide bonds. The van der Waals surface area contributed by atoms with Gasteiger partial charge < -0.3 is 5.73 Å². The smallest absolute Gasteiger partial charge is 0.246 e. The van der Waals surface area contributed by atoms with Crippen LogP contribution < -0.4 is 5.73 Å². The molecule has 0 aliphatic carbocycles. The molecule has 1 aliphatic heterocycles. The fraction of sp³-hybridized carbons (Fsp3) is 0.700. The Labute approximate surface area is 101 Å². The minimum Gasteiger partial charge on any atom is -0.325 e. The van der Waals surface area contributed by atoms with Crippen LogP contribution in [0.4, 0.5) is 0 Å². The summed E-state index contributed by atoms with van der Waals surface area (Å²) in [7, 11) is -3.44. The number of rotatable bonds is 3. The van der Waals surface area contributed by atoms with Gasteiger partial charge in [0.05, 0.1) is 11.4 Å². The van der Waals surface area contributed by atoms with E-state index in [9.17, 15) is 8.42 Å². The van der Waals surface area contributed by atoms with Gasteiger partial charge in [0.15, 0.2) is 0 Å².